The van der Waals surface area contributed by atoms with Crippen molar-refractivity contribution < 1.29 is 14.5 Å². The molecule has 0 N–H and O–H groups in total. The maximum absolute atomic E-state index is 13.2. The van der Waals surface area contributed by atoms with Gasteiger partial charge in [0.2, 0.25) is 0 Å². The van der Waals surface area contributed by atoms with Crippen LogP contribution in [-0.4, -0.2) is 47.6 Å². The molecule has 1 heterocycles. The second-order valence-corrected chi connectivity index (χ2v) is 7.25. The Balaban J connectivity index is 1.94. The zero-order valence-corrected chi connectivity index (χ0v) is 17.5. The van der Waals surface area contributed by atoms with E-state index in [2.05, 4.69) is 4.98 Å². The number of ketones is 1. The molecule has 31 heavy (non-hydrogen) atoms. The number of hydrogen-bond acceptors (Lipinski definition) is 6. The lowest BCUT2D eigenvalue weighted by molar-refractivity contribution is -0.384. The maximum atomic E-state index is 13.2. The van der Waals surface area contributed by atoms with Gasteiger partial charge in [-0.15, -0.1) is 0 Å². The minimum atomic E-state index is -0.523. The van der Waals surface area contributed by atoms with Gasteiger partial charge >= 0.3 is 0 Å². The van der Waals surface area contributed by atoms with Gasteiger partial charge in [-0.05, 0) is 29.8 Å². The first-order valence-corrected chi connectivity index (χ1v) is 9.53. The number of aromatic nitrogens is 1. The number of pyridine rings is 1. The second kappa shape index (κ2) is 9.17. The van der Waals surface area contributed by atoms with Gasteiger partial charge < -0.3 is 9.80 Å². The molecule has 1 amide bonds. The average Bonchev–Trinajstić information content (AvgIpc) is 2.78. The molecule has 0 atom stereocenters. The van der Waals surface area contributed by atoms with E-state index in [0.717, 1.165) is 5.56 Å². The highest BCUT2D eigenvalue weighted by atomic mass is 16.6. The van der Waals surface area contributed by atoms with Crippen molar-refractivity contribution in [2.24, 2.45) is 0 Å². The molecular weight excluding hydrogens is 396 g/mol. The highest BCUT2D eigenvalue weighted by Crippen LogP contribution is 2.29. The number of anilines is 1. The summed E-state index contributed by atoms with van der Waals surface area (Å²) in [5.41, 5.74) is 1.65. The molecule has 1 aromatic heterocycles. The van der Waals surface area contributed by atoms with Crippen LogP contribution in [0.15, 0.2) is 67.0 Å². The molecule has 0 radical (unpaired) electrons. The molecule has 0 aliphatic rings. The Bertz CT molecular complexity index is 1130. The van der Waals surface area contributed by atoms with E-state index in [9.17, 15) is 19.7 Å². The summed E-state index contributed by atoms with van der Waals surface area (Å²) >= 11 is 0. The van der Waals surface area contributed by atoms with Gasteiger partial charge in [0.05, 0.1) is 10.5 Å². The monoisotopic (exact) mass is 418 g/mol. The number of benzene rings is 2. The van der Waals surface area contributed by atoms with Gasteiger partial charge in [0.15, 0.2) is 5.78 Å². The lowest BCUT2D eigenvalue weighted by Gasteiger charge is -2.19. The number of amides is 1. The molecular formula is C23H22N4O4. The van der Waals surface area contributed by atoms with E-state index in [-0.39, 0.29) is 28.3 Å². The van der Waals surface area contributed by atoms with E-state index in [1.807, 2.05) is 6.07 Å². The fourth-order valence-corrected chi connectivity index (χ4v) is 3.26. The Labute approximate surface area is 179 Å². The van der Waals surface area contributed by atoms with Gasteiger partial charge in [-0.25, -0.2) is 0 Å². The van der Waals surface area contributed by atoms with Crippen molar-refractivity contribution in [1.29, 1.82) is 0 Å². The van der Waals surface area contributed by atoms with Crippen molar-refractivity contribution in [2.45, 2.75) is 6.54 Å². The summed E-state index contributed by atoms with van der Waals surface area (Å²) in [6.07, 6.45) is 3.33. The summed E-state index contributed by atoms with van der Waals surface area (Å²) in [6.45, 7) is 0.332. The van der Waals surface area contributed by atoms with Crippen LogP contribution in [-0.2, 0) is 6.54 Å². The zero-order chi connectivity index (χ0) is 22.5. The lowest BCUT2D eigenvalue weighted by Crippen LogP contribution is -2.28. The van der Waals surface area contributed by atoms with Crippen LogP contribution < -0.4 is 4.90 Å². The van der Waals surface area contributed by atoms with Crippen LogP contribution in [0.4, 0.5) is 11.4 Å². The molecule has 0 saturated heterocycles. The minimum absolute atomic E-state index is 0.146. The van der Waals surface area contributed by atoms with Crippen molar-refractivity contribution >= 4 is 23.1 Å². The molecule has 8 nitrogen and oxygen atoms in total. The van der Waals surface area contributed by atoms with Crippen LogP contribution >= 0.6 is 0 Å². The van der Waals surface area contributed by atoms with Crippen LogP contribution in [0.25, 0.3) is 0 Å². The largest absolute Gasteiger partial charge is 0.372 e. The van der Waals surface area contributed by atoms with Gasteiger partial charge in [-0.2, -0.15) is 0 Å². The highest BCUT2D eigenvalue weighted by Gasteiger charge is 2.24. The number of carbonyl (C=O) groups excluding carboxylic acids is 2. The molecule has 0 spiro atoms. The predicted octanol–water partition coefficient (Wildman–Crippen LogP) is 3.56. The van der Waals surface area contributed by atoms with Gasteiger partial charge in [0, 0.05) is 57.3 Å². The van der Waals surface area contributed by atoms with Gasteiger partial charge in [-0.3, -0.25) is 24.7 Å². The van der Waals surface area contributed by atoms with E-state index in [1.54, 1.807) is 68.8 Å². The zero-order valence-electron chi connectivity index (χ0n) is 17.5. The van der Waals surface area contributed by atoms with Gasteiger partial charge in [-0.1, -0.05) is 24.3 Å². The Kier molecular flexibility index (Phi) is 6.40. The SMILES string of the molecule is CN(Cc1cccnc1)C(=O)c1ccccc1C(=O)c1ccc(N(C)C)c([N+](=O)[O-])c1. The Morgan fingerprint density at radius 1 is 1.00 bits per heavy atom. The quantitative estimate of drug-likeness (QED) is 0.331. The Morgan fingerprint density at radius 2 is 1.71 bits per heavy atom. The third kappa shape index (κ3) is 4.75. The molecule has 8 heteroatoms. The number of nitro groups is 1. The van der Waals surface area contributed by atoms with E-state index in [0.29, 0.717) is 12.2 Å². The van der Waals surface area contributed by atoms with Crippen molar-refractivity contribution in [3.05, 3.63) is 99.4 Å². The van der Waals surface area contributed by atoms with Gasteiger partial charge in [0.25, 0.3) is 11.6 Å². The van der Waals surface area contributed by atoms with Crippen molar-refractivity contribution in [1.82, 2.24) is 9.88 Å². The van der Waals surface area contributed by atoms with Crippen LogP contribution in [0.5, 0.6) is 0 Å². The van der Waals surface area contributed by atoms with E-state index >= 15 is 0 Å². The fourth-order valence-electron chi connectivity index (χ4n) is 3.26. The van der Waals surface area contributed by atoms with Crippen LogP contribution in [0.2, 0.25) is 0 Å². The molecule has 158 valence electrons. The minimum Gasteiger partial charge on any atom is -0.372 e. The summed E-state index contributed by atoms with van der Waals surface area (Å²) in [5.74, 6) is -0.778. The lowest BCUT2D eigenvalue weighted by atomic mass is 9.97. The molecule has 0 saturated carbocycles. The van der Waals surface area contributed by atoms with Crippen LogP contribution in [0.3, 0.4) is 0 Å². The molecule has 0 fully saturated rings. The molecule has 0 aliphatic carbocycles. The first-order valence-electron chi connectivity index (χ1n) is 9.53. The smallest absolute Gasteiger partial charge is 0.293 e. The number of rotatable bonds is 7. The Morgan fingerprint density at radius 3 is 2.32 bits per heavy atom. The molecule has 3 aromatic rings. The molecule has 0 aliphatic heterocycles. The Hall–Kier alpha value is -4.07. The summed E-state index contributed by atoms with van der Waals surface area (Å²) < 4.78 is 0. The van der Waals surface area contributed by atoms with E-state index in [4.69, 9.17) is 0 Å². The first kappa shape index (κ1) is 21.6. The number of nitrogens with zero attached hydrogens (tertiary/aromatic N) is 4. The molecule has 2 aromatic carbocycles. The highest BCUT2D eigenvalue weighted by molar-refractivity contribution is 6.15. The molecule has 0 bridgehead atoms. The van der Waals surface area contributed by atoms with Crippen LogP contribution in [0, 0.1) is 10.1 Å². The van der Waals surface area contributed by atoms with Crippen molar-refractivity contribution in [3.8, 4) is 0 Å². The first-order chi connectivity index (χ1) is 14.8. The summed E-state index contributed by atoms with van der Waals surface area (Å²) in [7, 11) is 5.03. The van der Waals surface area contributed by atoms with E-state index in [1.165, 1.54) is 23.1 Å². The van der Waals surface area contributed by atoms with Crippen LogP contribution in [0.1, 0.15) is 31.8 Å². The number of carbonyl (C=O) groups is 2. The number of nitro benzene ring substituents is 1. The maximum Gasteiger partial charge on any atom is 0.293 e. The molecule has 0 unspecified atom stereocenters. The average molecular weight is 418 g/mol. The molecule has 3 rings (SSSR count). The predicted molar refractivity (Wildman–Crippen MR) is 117 cm³/mol. The summed E-state index contributed by atoms with van der Waals surface area (Å²) in [5, 5.41) is 11.5. The summed E-state index contributed by atoms with van der Waals surface area (Å²) in [6, 6.07) is 14.4. The fraction of sp³-hybridized carbons (Fsp3) is 0.174. The third-order valence-corrected chi connectivity index (χ3v) is 4.81. The van der Waals surface area contributed by atoms with Crippen molar-refractivity contribution in [2.75, 3.05) is 26.0 Å². The van der Waals surface area contributed by atoms with E-state index < -0.39 is 10.7 Å². The second-order valence-electron chi connectivity index (χ2n) is 7.25. The van der Waals surface area contributed by atoms with Gasteiger partial charge in [0.1, 0.15) is 5.69 Å². The standard InChI is InChI=1S/C23H22N4O4/c1-25(2)20-11-10-17(13-21(20)27(30)31)22(28)18-8-4-5-9-19(18)23(29)26(3)15-16-7-6-12-24-14-16/h4-14H,15H2,1-3H3. The van der Waals surface area contributed by atoms with Crippen molar-refractivity contribution in [3.63, 3.8) is 0 Å². The topological polar surface area (TPSA) is 96.7 Å². The number of hydrogen-bond donors (Lipinski definition) is 0. The third-order valence-electron chi connectivity index (χ3n) is 4.81. The summed E-state index contributed by atoms with van der Waals surface area (Å²) in [4.78, 5) is 44.4. The normalized spacial score (nSPS) is 10.4.